The maximum atomic E-state index is 5.71. The van der Waals surface area contributed by atoms with Crippen molar-refractivity contribution < 1.29 is 4.74 Å². The number of rotatable bonds is 3. The zero-order chi connectivity index (χ0) is 17.1. The predicted molar refractivity (Wildman–Crippen MR) is 103 cm³/mol. The van der Waals surface area contributed by atoms with E-state index in [4.69, 9.17) is 4.74 Å². The van der Waals surface area contributed by atoms with E-state index in [0.717, 1.165) is 30.3 Å². The van der Waals surface area contributed by atoms with E-state index in [0.29, 0.717) is 16.9 Å². The molecule has 0 N–H and O–H groups in total. The van der Waals surface area contributed by atoms with Gasteiger partial charge in [0.25, 0.3) is 0 Å². The minimum atomic E-state index is 0.570. The zero-order valence-corrected chi connectivity index (χ0v) is 16.6. The maximum Gasteiger partial charge on any atom is 0.0597 e. The molecule has 0 aromatic rings. The molecule has 1 unspecified atom stereocenters. The highest BCUT2D eigenvalue weighted by molar-refractivity contribution is 5.24. The maximum absolute atomic E-state index is 5.71. The first-order valence-corrected chi connectivity index (χ1v) is 11.4. The van der Waals surface area contributed by atoms with Crippen LogP contribution in [0.2, 0.25) is 0 Å². The highest BCUT2D eigenvalue weighted by atomic mass is 16.5. The van der Waals surface area contributed by atoms with Crippen LogP contribution in [0.25, 0.3) is 0 Å². The molecule has 1 saturated heterocycles. The molecule has 25 heavy (non-hydrogen) atoms. The molecule has 0 bridgehead atoms. The van der Waals surface area contributed by atoms with Gasteiger partial charge in [-0.2, -0.15) is 0 Å². The Labute approximate surface area is 155 Å². The van der Waals surface area contributed by atoms with Crippen LogP contribution in [0.15, 0.2) is 11.6 Å². The molecule has 0 aromatic carbocycles. The van der Waals surface area contributed by atoms with Gasteiger partial charge in [0.2, 0.25) is 0 Å². The molecule has 7 atom stereocenters. The summed E-state index contributed by atoms with van der Waals surface area (Å²) < 4.78 is 5.71. The molecule has 1 aliphatic heterocycles. The molecule has 0 spiro atoms. The summed E-state index contributed by atoms with van der Waals surface area (Å²) in [4.78, 5) is 0. The monoisotopic (exact) mass is 342 g/mol. The smallest absolute Gasteiger partial charge is 0.0597 e. The van der Waals surface area contributed by atoms with Gasteiger partial charge in [-0.25, -0.2) is 0 Å². The van der Waals surface area contributed by atoms with Crippen molar-refractivity contribution in [3.8, 4) is 0 Å². The van der Waals surface area contributed by atoms with Gasteiger partial charge in [0.05, 0.1) is 6.10 Å². The largest absolute Gasteiger partial charge is 0.378 e. The summed E-state index contributed by atoms with van der Waals surface area (Å²) >= 11 is 0. The van der Waals surface area contributed by atoms with Crippen LogP contribution in [-0.2, 0) is 4.74 Å². The Balaban J connectivity index is 1.34. The molecular formula is C24H38O. The van der Waals surface area contributed by atoms with Gasteiger partial charge in [0.1, 0.15) is 0 Å². The van der Waals surface area contributed by atoms with Gasteiger partial charge in [0, 0.05) is 6.61 Å². The first-order chi connectivity index (χ1) is 12.1. The van der Waals surface area contributed by atoms with E-state index in [-0.39, 0.29) is 0 Å². The van der Waals surface area contributed by atoms with Crippen LogP contribution in [-0.4, -0.2) is 12.7 Å². The second-order valence-electron chi connectivity index (χ2n) is 10.6. The van der Waals surface area contributed by atoms with E-state index in [2.05, 4.69) is 19.9 Å². The van der Waals surface area contributed by atoms with Crippen molar-refractivity contribution >= 4 is 0 Å². The number of fused-ring (bicyclic) bond motifs is 5. The van der Waals surface area contributed by atoms with Gasteiger partial charge in [-0.05, 0) is 105 Å². The van der Waals surface area contributed by atoms with Crippen LogP contribution in [0, 0.1) is 34.5 Å². The molecule has 1 heterocycles. The lowest BCUT2D eigenvalue weighted by molar-refractivity contribution is -0.0680. The van der Waals surface area contributed by atoms with Crippen LogP contribution in [0.4, 0.5) is 0 Å². The first-order valence-electron chi connectivity index (χ1n) is 11.4. The van der Waals surface area contributed by atoms with E-state index < -0.39 is 0 Å². The van der Waals surface area contributed by atoms with Crippen LogP contribution in [0.3, 0.4) is 0 Å². The average molecular weight is 343 g/mol. The van der Waals surface area contributed by atoms with Crippen molar-refractivity contribution in [2.24, 2.45) is 34.5 Å². The fourth-order valence-corrected chi connectivity index (χ4v) is 8.18. The van der Waals surface area contributed by atoms with Crippen molar-refractivity contribution in [2.75, 3.05) is 6.61 Å². The van der Waals surface area contributed by atoms with E-state index in [9.17, 15) is 0 Å². The average Bonchev–Trinajstić information content (AvgIpc) is 2.90. The normalized spacial score (nSPS) is 51.8. The lowest BCUT2D eigenvalue weighted by atomic mass is 9.47. The van der Waals surface area contributed by atoms with Gasteiger partial charge in [-0.1, -0.05) is 31.9 Å². The van der Waals surface area contributed by atoms with E-state index in [1.165, 1.54) is 77.0 Å². The Morgan fingerprint density at radius 1 is 1.00 bits per heavy atom. The lowest BCUT2D eigenvalue weighted by Crippen LogP contribution is -2.49. The molecule has 1 heteroatoms. The minimum Gasteiger partial charge on any atom is -0.378 e. The second-order valence-corrected chi connectivity index (χ2v) is 10.6. The van der Waals surface area contributed by atoms with Crippen molar-refractivity contribution in [2.45, 2.75) is 97.0 Å². The second kappa shape index (κ2) is 6.11. The van der Waals surface area contributed by atoms with Gasteiger partial charge in [-0.3, -0.25) is 0 Å². The third-order valence-electron chi connectivity index (χ3n) is 9.84. The number of allylic oxidation sites excluding steroid dienone is 2. The standard InChI is InChI=1S/C24H38O/c1-23-14-4-3-5-17(23)7-10-20-21-11-8-18(6-9-19-13-16-25-19)24(21,2)15-12-22(20)23/h7,18-22H,3-6,8-16H2,1-2H3/t18-,19?,20-,21-,22-,23-,24+/m0/s1. The van der Waals surface area contributed by atoms with Crippen LogP contribution in [0.5, 0.6) is 0 Å². The fraction of sp³-hybridized carbons (Fsp3) is 0.917. The van der Waals surface area contributed by atoms with Crippen molar-refractivity contribution in [1.82, 2.24) is 0 Å². The van der Waals surface area contributed by atoms with Gasteiger partial charge < -0.3 is 4.74 Å². The van der Waals surface area contributed by atoms with Gasteiger partial charge in [0.15, 0.2) is 0 Å². The van der Waals surface area contributed by atoms with E-state index >= 15 is 0 Å². The van der Waals surface area contributed by atoms with Crippen molar-refractivity contribution in [3.05, 3.63) is 11.6 Å². The third kappa shape index (κ3) is 2.51. The Morgan fingerprint density at radius 2 is 1.88 bits per heavy atom. The number of ether oxygens (including phenoxy) is 1. The Bertz CT molecular complexity index is 546. The fourth-order valence-electron chi connectivity index (χ4n) is 8.18. The molecule has 0 amide bonds. The van der Waals surface area contributed by atoms with Crippen LogP contribution < -0.4 is 0 Å². The van der Waals surface area contributed by atoms with Gasteiger partial charge in [-0.15, -0.1) is 0 Å². The van der Waals surface area contributed by atoms with Crippen molar-refractivity contribution in [1.29, 1.82) is 0 Å². The molecule has 0 aromatic heterocycles. The molecule has 5 aliphatic rings. The molecule has 140 valence electrons. The highest BCUT2D eigenvalue weighted by Gasteiger charge is 2.57. The van der Waals surface area contributed by atoms with E-state index in [1.807, 2.05) is 5.57 Å². The summed E-state index contributed by atoms with van der Waals surface area (Å²) in [6.45, 7) is 6.36. The molecular weight excluding hydrogens is 304 g/mol. The summed E-state index contributed by atoms with van der Waals surface area (Å²) in [7, 11) is 0. The molecule has 5 rings (SSSR count). The Kier molecular flexibility index (Phi) is 4.12. The highest BCUT2D eigenvalue weighted by Crippen LogP contribution is 2.66. The lowest BCUT2D eigenvalue weighted by Gasteiger charge is -2.57. The van der Waals surface area contributed by atoms with Crippen LogP contribution in [0.1, 0.15) is 90.9 Å². The molecule has 0 radical (unpaired) electrons. The van der Waals surface area contributed by atoms with Crippen LogP contribution >= 0.6 is 0 Å². The molecule has 1 nitrogen and oxygen atoms in total. The first kappa shape index (κ1) is 16.8. The topological polar surface area (TPSA) is 9.23 Å². The Morgan fingerprint density at radius 3 is 2.68 bits per heavy atom. The molecule has 4 aliphatic carbocycles. The summed E-state index contributed by atoms with van der Waals surface area (Å²) in [5, 5.41) is 0. The summed E-state index contributed by atoms with van der Waals surface area (Å²) in [6, 6.07) is 0. The van der Waals surface area contributed by atoms with Gasteiger partial charge >= 0.3 is 0 Å². The Hall–Kier alpha value is -0.300. The summed E-state index contributed by atoms with van der Waals surface area (Å²) in [5.41, 5.74) is 3.07. The number of hydrogen-bond acceptors (Lipinski definition) is 1. The predicted octanol–water partition coefficient (Wildman–Crippen LogP) is 6.52. The van der Waals surface area contributed by atoms with Crippen molar-refractivity contribution in [3.63, 3.8) is 0 Å². The summed E-state index contributed by atoms with van der Waals surface area (Å²) in [5.74, 6) is 3.98. The quantitative estimate of drug-likeness (QED) is 0.530. The third-order valence-corrected chi connectivity index (χ3v) is 9.84. The molecule has 3 saturated carbocycles. The molecule has 4 fully saturated rings. The minimum absolute atomic E-state index is 0.570. The van der Waals surface area contributed by atoms with E-state index in [1.54, 1.807) is 0 Å². The number of hydrogen-bond donors (Lipinski definition) is 0. The summed E-state index contributed by atoms with van der Waals surface area (Å²) in [6.07, 6.45) is 20.7. The SMILES string of the molecule is C[C@]12CC[C@H]3[C@@H](CC=C4CCCC[C@@]43C)[C@@H]1CC[C@@H]2CCC1CCO1. The zero-order valence-electron chi connectivity index (χ0n) is 16.6.